The SMILES string of the molecule is CN(C(=O)[C@H](Cc1ccccc1)NC(=O)OCC1c2ccccc2-c2ccccc21)S(=O)(=O)c1ccc([N+](=O)[O-])cc1. The normalized spacial score (nSPS) is 13.0. The molecule has 0 saturated carbocycles. The number of sulfonamides is 1. The summed E-state index contributed by atoms with van der Waals surface area (Å²) in [5.41, 5.74) is 4.59. The van der Waals surface area contributed by atoms with Crippen LogP contribution in [0.15, 0.2) is 108 Å². The van der Waals surface area contributed by atoms with Gasteiger partial charge in [0.05, 0.1) is 9.82 Å². The van der Waals surface area contributed by atoms with Crippen LogP contribution in [0.4, 0.5) is 10.5 Å². The molecule has 0 aromatic heterocycles. The molecule has 1 atom stereocenters. The lowest BCUT2D eigenvalue weighted by molar-refractivity contribution is -0.384. The van der Waals surface area contributed by atoms with Gasteiger partial charge in [-0.1, -0.05) is 78.9 Å². The number of fused-ring (bicyclic) bond motifs is 3. The van der Waals surface area contributed by atoms with Crippen LogP contribution in [-0.4, -0.2) is 49.3 Å². The van der Waals surface area contributed by atoms with Crippen molar-refractivity contribution in [3.8, 4) is 11.1 Å². The van der Waals surface area contributed by atoms with Gasteiger partial charge in [-0.3, -0.25) is 14.9 Å². The highest BCUT2D eigenvalue weighted by molar-refractivity contribution is 7.89. The number of hydrogen-bond donors (Lipinski definition) is 1. The number of nitrogens with zero attached hydrogens (tertiary/aromatic N) is 2. The molecular weight excluding hydrogens is 558 g/mol. The maximum atomic E-state index is 13.5. The largest absolute Gasteiger partial charge is 0.449 e. The minimum Gasteiger partial charge on any atom is -0.449 e. The highest BCUT2D eigenvalue weighted by atomic mass is 32.2. The maximum Gasteiger partial charge on any atom is 0.407 e. The lowest BCUT2D eigenvalue weighted by Gasteiger charge is -2.25. The molecule has 4 aromatic rings. The number of ether oxygens (including phenoxy) is 1. The standard InChI is InChI=1S/C31H27N3O7S/c1-33(42(39,40)23-17-15-22(16-18-23)34(37)38)30(35)29(19-21-9-3-2-4-10-21)32-31(36)41-20-28-26-13-7-5-11-24(26)25-12-6-8-14-27(25)28/h2-18,28-29H,19-20H2,1H3,(H,32,36)/t29-/m0/s1. The summed E-state index contributed by atoms with van der Waals surface area (Å²) in [7, 11) is -3.30. The van der Waals surface area contributed by atoms with Crippen LogP contribution in [0.25, 0.3) is 11.1 Å². The number of non-ortho nitro benzene ring substituents is 1. The molecule has 11 heteroatoms. The number of carbonyl (C=O) groups is 2. The van der Waals surface area contributed by atoms with E-state index in [1.165, 1.54) is 0 Å². The summed E-state index contributed by atoms with van der Waals surface area (Å²) in [4.78, 5) is 36.6. The summed E-state index contributed by atoms with van der Waals surface area (Å²) in [5, 5.41) is 13.5. The number of carbonyl (C=O) groups excluding carboxylic acids is 2. The van der Waals surface area contributed by atoms with Crippen molar-refractivity contribution in [3.05, 3.63) is 130 Å². The maximum absolute atomic E-state index is 13.5. The second-order valence-corrected chi connectivity index (χ2v) is 11.7. The first kappa shape index (κ1) is 28.5. The third-order valence-electron chi connectivity index (χ3n) is 7.23. The van der Waals surface area contributed by atoms with Crippen molar-refractivity contribution >= 4 is 27.7 Å². The van der Waals surface area contributed by atoms with Gasteiger partial charge in [-0.25, -0.2) is 17.5 Å². The molecule has 0 aliphatic heterocycles. The molecule has 0 unspecified atom stereocenters. The molecule has 42 heavy (non-hydrogen) atoms. The molecular formula is C31H27N3O7S. The van der Waals surface area contributed by atoms with Crippen molar-refractivity contribution in [2.75, 3.05) is 13.7 Å². The Morgan fingerprint density at radius 3 is 2.00 bits per heavy atom. The van der Waals surface area contributed by atoms with Crippen molar-refractivity contribution < 1.29 is 27.7 Å². The Hall–Kier alpha value is -5.03. The predicted molar refractivity (Wildman–Crippen MR) is 155 cm³/mol. The number of nitro groups is 1. The average Bonchev–Trinajstić information content (AvgIpc) is 3.33. The fourth-order valence-electron chi connectivity index (χ4n) is 5.07. The van der Waals surface area contributed by atoms with Crippen LogP contribution in [0.3, 0.4) is 0 Å². The molecule has 0 saturated heterocycles. The Labute approximate surface area is 242 Å². The first-order valence-electron chi connectivity index (χ1n) is 13.1. The van der Waals surface area contributed by atoms with Crippen LogP contribution in [0, 0.1) is 10.1 Å². The van der Waals surface area contributed by atoms with Crippen LogP contribution < -0.4 is 5.32 Å². The van der Waals surface area contributed by atoms with Crippen LogP contribution in [0.1, 0.15) is 22.6 Å². The first-order chi connectivity index (χ1) is 20.2. The van der Waals surface area contributed by atoms with E-state index in [0.29, 0.717) is 9.87 Å². The molecule has 0 bridgehead atoms. The monoisotopic (exact) mass is 585 g/mol. The minimum absolute atomic E-state index is 0.00396. The second kappa shape index (κ2) is 11.8. The van der Waals surface area contributed by atoms with Gasteiger partial charge in [0, 0.05) is 31.5 Å². The molecule has 1 N–H and O–H groups in total. The third kappa shape index (κ3) is 5.72. The molecule has 0 spiro atoms. The smallest absolute Gasteiger partial charge is 0.407 e. The van der Waals surface area contributed by atoms with Gasteiger partial charge in [-0.05, 0) is 39.9 Å². The Morgan fingerprint density at radius 2 is 1.43 bits per heavy atom. The summed E-state index contributed by atoms with van der Waals surface area (Å²) in [6.07, 6.45) is -0.864. The van der Waals surface area contributed by atoms with Gasteiger partial charge in [0.15, 0.2) is 0 Å². The van der Waals surface area contributed by atoms with Crippen molar-refractivity contribution in [1.82, 2.24) is 9.62 Å². The van der Waals surface area contributed by atoms with Gasteiger partial charge in [-0.15, -0.1) is 0 Å². The van der Waals surface area contributed by atoms with Gasteiger partial charge in [0.2, 0.25) is 0 Å². The quantitative estimate of drug-likeness (QED) is 0.218. The fourth-order valence-corrected chi connectivity index (χ4v) is 6.23. The number of likely N-dealkylation sites (N-methyl/N-ethyl adjacent to an activating group) is 1. The lowest BCUT2D eigenvalue weighted by Crippen LogP contribution is -2.50. The van der Waals surface area contributed by atoms with Crippen molar-refractivity contribution in [3.63, 3.8) is 0 Å². The van der Waals surface area contributed by atoms with E-state index >= 15 is 0 Å². The van der Waals surface area contributed by atoms with E-state index in [1.807, 2.05) is 48.5 Å². The summed E-state index contributed by atoms with van der Waals surface area (Å²) >= 11 is 0. The molecule has 5 rings (SSSR count). The number of rotatable bonds is 9. The number of nitrogens with one attached hydrogen (secondary N) is 1. The summed E-state index contributed by atoms with van der Waals surface area (Å²) in [6.45, 7) is 0.0169. The van der Waals surface area contributed by atoms with Crippen LogP contribution >= 0.6 is 0 Å². The molecule has 4 aromatic carbocycles. The molecule has 0 heterocycles. The van der Waals surface area contributed by atoms with Gasteiger partial charge in [0.25, 0.3) is 21.6 Å². The predicted octanol–water partition coefficient (Wildman–Crippen LogP) is 4.89. The van der Waals surface area contributed by atoms with E-state index in [1.54, 1.807) is 30.3 Å². The molecule has 1 aliphatic carbocycles. The molecule has 1 aliphatic rings. The van der Waals surface area contributed by atoms with Gasteiger partial charge < -0.3 is 10.1 Å². The number of amides is 2. The number of benzene rings is 4. The summed E-state index contributed by atoms with van der Waals surface area (Å²) in [5.74, 6) is -1.10. The Balaban J connectivity index is 1.34. The van der Waals surface area contributed by atoms with Gasteiger partial charge in [-0.2, -0.15) is 0 Å². The van der Waals surface area contributed by atoms with Gasteiger partial charge >= 0.3 is 6.09 Å². The van der Waals surface area contributed by atoms with Crippen LogP contribution in [0.5, 0.6) is 0 Å². The second-order valence-electron chi connectivity index (χ2n) is 9.77. The molecule has 0 fully saturated rings. The van der Waals surface area contributed by atoms with E-state index < -0.39 is 33.0 Å². The third-order valence-corrected chi connectivity index (χ3v) is 9.00. The zero-order valence-electron chi connectivity index (χ0n) is 22.5. The highest BCUT2D eigenvalue weighted by Gasteiger charge is 2.34. The topological polar surface area (TPSA) is 136 Å². The fraction of sp³-hybridized carbons (Fsp3) is 0.161. The number of nitro benzene ring substituents is 1. The molecule has 2 amide bonds. The number of hydrogen-bond acceptors (Lipinski definition) is 7. The summed E-state index contributed by atoms with van der Waals surface area (Å²) in [6, 6.07) is 27.5. The Bertz CT molecular complexity index is 1700. The minimum atomic E-state index is -4.38. The highest BCUT2D eigenvalue weighted by Crippen LogP contribution is 2.44. The lowest BCUT2D eigenvalue weighted by atomic mass is 9.98. The Kier molecular flexibility index (Phi) is 8.03. The first-order valence-corrected chi connectivity index (χ1v) is 14.5. The number of alkyl carbamates (subject to hydrolysis) is 1. The van der Waals surface area contributed by atoms with E-state index in [2.05, 4.69) is 5.32 Å². The van der Waals surface area contributed by atoms with E-state index in [0.717, 1.165) is 53.6 Å². The van der Waals surface area contributed by atoms with Crippen molar-refractivity contribution in [1.29, 1.82) is 0 Å². The van der Waals surface area contributed by atoms with E-state index in [-0.39, 0.29) is 29.5 Å². The van der Waals surface area contributed by atoms with Crippen LogP contribution in [-0.2, 0) is 26.0 Å². The molecule has 0 radical (unpaired) electrons. The molecule has 214 valence electrons. The Morgan fingerprint density at radius 1 is 0.881 bits per heavy atom. The zero-order chi connectivity index (χ0) is 29.9. The zero-order valence-corrected chi connectivity index (χ0v) is 23.4. The van der Waals surface area contributed by atoms with Gasteiger partial charge in [0.1, 0.15) is 12.6 Å². The molecule has 10 nitrogen and oxygen atoms in total. The summed E-state index contributed by atoms with van der Waals surface area (Å²) < 4.78 is 32.6. The van der Waals surface area contributed by atoms with E-state index in [9.17, 15) is 28.1 Å². The van der Waals surface area contributed by atoms with Crippen molar-refractivity contribution in [2.45, 2.75) is 23.3 Å². The van der Waals surface area contributed by atoms with Crippen molar-refractivity contribution in [2.24, 2.45) is 0 Å². The van der Waals surface area contributed by atoms with E-state index in [4.69, 9.17) is 4.74 Å². The van der Waals surface area contributed by atoms with Crippen LogP contribution in [0.2, 0.25) is 0 Å². The average molecular weight is 586 g/mol.